The number of rotatable bonds is 7. The van der Waals surface area contributed by atoms with E-state index >= 15 is 0 Å². The van der Waals surface area contributed by atoms with Crippen LogP contribution in [0.15, 0.2) is 54.7 Å². The molecule has 0 saturated carbocycles. The topological polar surface area (TPSA) is 94.5 Å². The number of aromatic nitrogens is 3. The number of imide groups is 1. The molecule has 5 rings (SSSR count). The summed E-state index contributed by atoms with van der Waals surface area (Å²) in [5.41, 5.74) is 0.828. The van der Waals surface area contributed by atoms with Gasteiger partial charge in [-0.2, -0.15) is 4.37 Å². The lowest BCUT2D eigenvalue weighted by Gasteiger charge is -2.19. The number of thiazole rings is 1. The van der Waals surface area contributed by atoms with E-state index in [0.29, 0.717) is 32.9 Å². The molecule has 3 heterocycles. The molecule has 34 heavy (non-hydrogen) atoms. The Morgan fingerprint density at radius 1 is 0.912 bits per heavy atom. The summed E-state index contributed by atoms with van der Waals surface area (Å²) < 4.78 is 15.9. The molecule has 2 amide bonds. The van der Waals surface area contributed by atoms with Crippen molar-refractivity contribution in [3.05, 3.63) is 70.9 Å². The molecule has 8 nitrogen and oxygen atoms in total. The number of fused-ring (bicyclic) bond motifs is 1. The highest BCUT2D eigenvalue weighted by molar-refractivity contribution is 7.17. The van der Waals surface area contributed by atoms with Gasteiger partial charge in [0.05, 0.1) is 34.3 Å². The Morgan fingerprint density at radius 2 is 1.56 bits per heavy atom. The average Bonchev–Trinajstić information content (AvgIpc) is 3.54. The van der Waals surface area contributed by atoms with Gasteiger partial charge >= 0.3 is 0 Å². The predicted octanol–water partition coefficient (Wildman–Crippen LogP) is 5.60. The summed E-state index contributed by atoms with van der Waals surface area (Å²) in [6, 6.07) is 13.6. The summed E-state index contributed by atoms with van der Waals surface area (Å²) >= 11 is 2.47. The van der Waals surface area contributed by atoms with E-state index < -0.39 is 6.04 Å². The van der Waals surface area contributed by atoms with E-state index in [9.17, 15) is 9.59 Å². The van der Waals surface area contributed by atoms with Gasteiger partial charge in [-0.1, -0.05) is 23.5 Å². The first kappa shape index (κ1) is 22.2. The molecule has 0 radical (unpaired) electrons. The van der Waals surface area contributed by atoms with Gasteiger partial charge in [0.15, 0.2) is 5.82 Å². The van der Waals surface area contributed by atoms with E-state index in [1.807, 2.05) is 38.1 Å². The summed E-state index contributed by atoms with van der Waals surface area (Å²) in [5.74, 6) is 1.26. The number of hydrogen-bond donors (Lipinski definition) is 0. The van der Waals surface area contributed by atoms with Crippen LogP contribution in [0, 0.1) is 0 Å². The van der Waals surface area contributed by atoms with E-state index in [4.69, 9.17) is 9.47 Å². The Bertz CT molecular complexity index is 1330. The summed E-state index contributed by atoms with van der Waals surface area (Å²) in [6.07, 6.45) is 1.75. The van der Waals surface area contributed by atoms with Crippen molar-refractivity contribution in [1.82, 2.24) is 19.2 Å². The monoisotopic (exact) mass is 492 g/mol. The largest absolute Gasteiger partial charge is 0.491 e. The molecule has 1 atom stereocenters. The molecule has 172 valence electrons. The van der Waals surface area contributed by atoms with Crippen LogP contribution >= 0.6 is 22.9 Å². The quantitative estimate of drug-likeness (QED) is 0.310. The molecule has 1 unspecified atom stereocenters. The first-order valence-electron chi connectivity index (χ1n) is 10.6. The lowest BCUT2D eigenvalue weighted by molar-refractivity contribution is 0.0595. The molecule has 0 N–H and O–H groups in total. The Balaban J connectivity index is 1.29. The summed E-state index contributed by atoms with van der Waals surface area (Å²) in [5, 5.41) is 1.03. The molecule has 2 aromatic carbocycles. The second-order valence-corrected chi connectivity index (χ2v) is 9.67. The van der Waals surface area contributed by atoms with Crippen LogP contribution in [0.25, 0.3) is 10.7 Å². The Labute approximate surface area is 204 Å². The lowest BCUT2D eigenvalue weighted by atomic mass is 10.1. The molecule has 0 spiro atoms. The van der Waals surface area contributed by atoms with Crippen LogP contribution in [-0.4, -0.2) is 37.2 Å². The standard InChI is InChI=1S/C24H20N4O4S2/c1-13(2)31-15-8-10-16(11-9-15)32-24-25-12-19(33-24)20-26-21(34-27-20)14(3)28-22(29)17-6-4-5-7-18(17)23(28)30/h4-14H,1-3H3. The Kier molecular flexibility index (Phi) is 5.84. The number of carbonyl (C=O) groups is 2. The highest BCUT2D eigenvalue weighted by atomic mass is 32.1. The van der Waals surface area contributed by atoms with Crippen LogP contribution < -0.4 is 9.47 Å². The number of carbonyl (C=O) groups excluding carboxylic acids is 2. The molecule has 0 bridgehead atoms. The third kappa shape index (κ3) is 4.17. The van der Waals surface area contributed by atoms with Gasteiger partial charge in [0.1, 0.15) is 16.5 Å². The summed E-state index contributed by atoms with van der Waals surface area (Å²) in [7, 11) is 0. The fraction of sp³-hybridized carbons (Fsp3) is 0.208. The molecule has 0 aliphatic carbocycles. The second-order valence-electron chi connectivity index (χ2n) is 7.89. The van der Waals surface area contributed by atoms with Crippen molar-refractivity contribution in [2.24, 2.45) is 0 Å². The third-order valence-corrected chi connectivity index (χ3v) is 6.87. The molecule has 2 aromatic heterocycles. The zero-order chi connectivity index (χ0) is 23.8. The average molecular weight is 493 g/mol. The van der Waals surface area contributed by atoms with Gasteiger partial charge in [0.2, 0.25) is 0 Å². The maximum absolute atomic E-state index is 12.8. The minimum absolute atomic E-state index is 0.101. The fourth-order valence-corrected chi connectivity index (χ4v) is 5.02. The zero-order valence-corrected chi connectivity index (χ0v) is 20.2. The first-order valence-corrected chi connectivity index (χ1v) is 12.2. The molecule has 10 heteroatoms. The minimum Gasteiger partial charge on any atom is -0.491 e. The predicted molar refractivity (Wildman–Crippen MR) is 129 cm³/mol. The number of benzene rings is 2. The third-order valence-electron chi connectivity index (χ3n) is 5.12. The van der Waals surface area contributed by atoms with E-state index in [0.717, 1.165) is 22.2 Å². The second kappa shape index (κ2) is 8.96. The van der Waals surface area contributed by atoms with Gasteiger partial charge in [0.25, 0.3) is 17.0 Å². The van der Waals surface area contributed by atoms with Crippen molar-refractivity contribution >= 4 is 34.7 Å². The Hall–Kier alpha value is -3.63. The molecule has 0 fully saturated rings. The van der Waals surface area contributed by atoms with Crippen molar-refractivity contribution in [3.8, 4) is 27.4 Å². The SMILES string of the molecule is CC(C)Oc1ccc(Oc2ncc(-c3nsc(C(C)N4C(=O)c5ccccc5C4=O)n3)s2)cc1. The molecular formula is C24H20N4O4S2. The van der Waals surface area contributed by atoms with Crippen LogP contribution in [0.5, 0.6) is 16.7 Å². The number of hydrogen-bond acceptors (Lipinski definition) is 9. The zero-order valence-electron chi connectivity index (χ0n) is 18.6. The normalized spacial score (nSPS) is 13.9. The van der Waals surface area contributed by atoms with Crippen molar-refractivity contribution in [2.75, 3.05) is 0 Å². The van der Waals surface area contributed by atoms with Crippen molar-refractivity contribution in [3.63, 3.8) is 0 Å². The van der Waals surface area contributed by atoms with E-state index in [2.05, 4.69) is 14.3 Å². The van der Waals surface area contributed by atoms with Gasteiger partial charge in [-0.3, -0.25) is 14.5 Å². The van der Waals surface area contributed by atoms with Crippen LogP contribution in [0.1, 0.15) is 52.5 Å². The molecular weight excluding hydrogens is 472 g/mol. The summed E-state index contributed by atoms with van der Waals surface area (Å²) in [6.45, 7) is 5.72. The van der Waals surface area contributed by atoms with E-state index in [1.165, 1.54) is 16.2 Å². The molecule has 1 aliphatic heterocycles. The van der Waals surface area contributed by atoms with E-state index in [1.54, 1.807) is 37.4 Å². The van der Waals surface area contributed by atoms with Gasteiger partial charge in [-0.15, -0.1) is 0 Å². The van der Waals surface area contributed by atoms with Crippen LogP contribution in [0.2, 0.25) is 0 Å². The van der Waals surface area contributed by atoms with E-state index in [-0.39, 0.29) is 17.9 Å². The number of nitrogens with zero attached hydrogens (tertiary/aromatic N) is 4. The fourth-order valence-electron chi connectivity index (χ4n) is 3.54. The maximum atomic E-state index is 12.8. The molecule has 0 saturated heterocycles. The highest BCUT2D eigenvalue weighted by Gasteiger charge is 2.39. The maximum Gasteiger partial charge on any atom is 0.279 e. The smallest absolute Gasteiger partial charge is 0.279 e. The van der Waals surface area contributed by atoms with Gasteiger partial charge in [0, 0.05) is 0 Å². The van der Waals surface area contributed by atoms with Crippen molar-refractivity contribution < 1.29 is 19.1 Å². The van der Waals surface area contributed by atoms with Gasteiger partial charge in [-0.25, -0.2) is 9.97 Å². The lowest BCUT2D eigenvalue weighted by Crippen LogP contribution is -2.32. The number of ether oxygens (including phenoxy) is 2. The Morgan fingerprint density at radius 3 is 2.21 bits per heavy atom. The van der Waals surface area contributed by atoms with Crippen molar-refractivity contribution in [1.29, 1.82) is 0 Å². The minimum atomic E-state index is -0.533. The van der Waals surface area contributed by atoms with Crippen LogP contribution in [0.3, 0.4) is 0 Å². The molecule has 1 aliphatic rings. The van der Waals surface area contributed by atoms with Gasteiger partial charge in [-0.05, 0) is 68.7 Å². The van der Waals surface area contributed by atoms with Gasteiger partial charge < -0.3 is 9.47 Å². The van der Waals surface area contributed by atoms with Crippen LogP contribution in [0.4, 0.5) is 0 Å². The van der Waals surface area contributed by atoms with Crippen molar-refractivity contribution in [2.45, 2.75) is 32.9 Å². The summed E-state index contributed by atoms with van der Waals surface area (Å²) in [4.78, 5) is 36.4. The number of amides is 2. The van der Waals surface area contributed by atoms with Crippen LogP contribution in [-0.2, 0) is 0 Å². The highest BCUT2D eigenvalue weighted by Crippen LogP contribution is 2.36. The molecule has 4 aromatic rings. The first-order chi connectivity index (χ1) is 16.4.